The summed E-state index contributed by atoms with van der Waals surface area (Å²) < 4.78 is 0. The third-order valence-electron chi connectivity index (χ3n) is 3.69. The van der Waals surface area contributed by atoms with Gasteiger partial charge >= 0.3 is 0 Å². The third kappa shape index (κ3) is 3.68. The van der Waals surface area contributed by atoms with Crippen LogP contribution in [0, 0.1) is 6.92 Å². The van der Waals surface area contributed by atoms with Crippen LogP contribution >= 0.6 is 11.6 Å². The van der Waals surface area contributed by atoms with E-state index in [0.717, 1.165) is 17.0 Å². The van der Waals surface area contributed by atoms with Crippen molar-refractivity contribution in [2.75, 3.05) is 23.3 Å². The van der Waals surface area contributed by atoms with Crippen LogP contribution in [0.25, 0.3) is 0 Å². The summed E-state index contributed by atoms with van der Waals surface area (Å²) in [6.07, 6.45) is 6.01. The lowest BCUT2D eigenvalue weighted by Gasteiger charge is -2.27. The molecule has 1 amide bonds. The molecule has 1 aliphatic heterocycles. The lowest BCUT2D eigenvalue weighted by molar-refractivity contribution is -0.113. The monoisotopic (exact) mass is 328 g/mol. The summed E-state index contributed by atoms with van der Waals surface area (Å²) in [4.78, 5) is 22.8. The van der Waals surface area contributed by atoms with E-state index in [9.17, 15) is 4.79 Å². The van der Waals surface area contributed by atoms with E-state index < -0.39 is 0 Å². The molecule has 0 saturated heterocycles. The average Bonchev–Trinajstić information content (AvgIpc) is 2.57. The molecule has 6 heteroatoms. The molecular weight excluding hydrogens is 312 g/mol. The van der Waals surface area contributed by atoms with E-state index in [1.807, 2.05) is 25.1 Å². The molecule has 0 aliphatic carbocycles. The van der Waals surface area contributed by atoms with Crippen molar-refractivity contribution in [1.82, 2.24) is 9.97 Å². The summed E-state index contributed by atoms with van der Waals surface area (Å²) in [7, 11) is 0. The van der Waals surface area contributed by atoms with E-state index in [1.165, 1.54) is 0 Å². The van der Waals surface area contributed by atoms with Crippen LogP contribution < -0.4 is 10.2 Å². The molecule has 23 heavy (non-hydrogen) atoms. The van der Waals surface area contributed by atoms with Crippen LogP contribution in [0.5, 0.6) is 0 Å². The van der Waals surface area contributed by atoms with Gasteiger partial charge in [0.25, 0.3) is 5.91 Å². The highest BCUT2D eigenvalue weighted by molar-refractivity contribution is 6.32. The number of aryl methyl sites for hydroxylation is 1. The van der Waals surface area contributed by atoms with Gasteiger partial charge in [-0.3, -0.25) is 4.79 Å². The Bertz CT molecular complexity index is 743. The first kappa shape index (κ1) is 15.5. The van der Waals surface area contributed by atoms with Crippen LogP contribution in [0.4, 0.5) is 11.6 Å². The smallest absolute Gasteiger partial charge is 0.252 e. The number of carbonyl (C=O) groups excluding carboxylic acids is 1. The van der Waals surface area contributed by atoms with Crippen LogP contribution in [0.1, 0.15) is 12.0 Å². The van der Waals surface area contributed by atoms with Crippen molar-refractivity contribution in [2.45, 2.75) is 13.3 Å². The fourth-order valence-corrected chi connectivity index (χ4v) is 2.66. The zero-order chi connectivity index (χ0) is 16.2. The van der Waals surface area contributed by atoms with Gasteiger partial charge < -0.3 is 10.2 Å². The summed E-state index contributed by atoms with van der Waals surface area (Å²) in [6, 6.07) is 7.34. The van der Waals surface area contributed by atoms with Crippen molar-refractivity contribution < 1.29 is 4.79 Å². The fraction of sp³-hybridized carbons (Fsp3) is 0.235. The number of nitrogens with one attached hydrogen (secondary N) is 1. The number of rotatable bonds is 3. The van der Waals surface area contributed by atoms with Crippen LogP contribution in [-0.4, -0.2) is 29.0 Å². The summed E-state index contributed by atoms with van der Waals surface area (Å²) in [5, 5.41) is 3.45. The van der Waals surface area contributed by atoms with Crippen molar-refractivity contribution in [1.29, 1.82) is 0 Å². The lowest BCUT2D eigenvalue weighted by atomic mass is 10.1. The molecule has 2 aromatic rings. The van der Waals surface area contributed by atoms with Gasteiger partial charge in [-0.15, -0.1) is 0 Å². The van der Waals surface area contributed by atoms with E-state index in [-0.39, 0.29) is 5.91 Å². The average molecular weight is 329 g/mol. The number of pyridine rings is 2. The van der Waals surface area contributed by atoms with Crippen molar-refractivity contribution in [3.63, 3.8) is 0 Å². The van der Waals surface area contributed by atoms with E-state index in [1.54, 1.807) is 24.5 Å². The minimum absolute atomic E-state index is 0.104. The number of nitrogens with zero attached hydrogens (tertiary/aromatic N) is 3. The minimum Gasteiger partial charge on any atom is -0.351 e. The number of hydrogen-bond acceptors (Lipinski definition) is 4. The Morgan fingerprint density at radius 2 is 2.17 bits per heavy atom. The van der Waals surface area contributed by atoms with Gasteiger partial charge in [0.15, 0.2) is 0 Å². The third-order valence-corrected chi connectivity index (χ3v) is 3.99. The first-order valence-corrected chi connectivity index (χ1v) is 7.80. The molecule has 1 N–H and O–H groups in total. The van der Waals surface area contributed by atoms with Crippen molar-refractivity contribution in [3.05, 3.63) is 58.9 Å². The van der Waals surface area contributed by atoms with Crippen molar-refractivity contribution in [3.8, 4) is 0 Å². The highest BCUT2D eigenvalue weighted by atomic mass is 35.5. The van der Waals surface area contributed by atoms with Crippen molar-refractivity contribution >= 4 is 29.1 Å². The fourth-order valence-electron chi connectivity index (χ4n) is 2.42. The molecule has 5 nitrogen and oxygen atoms in total. The molecule has 3 heterocycles. The van der Waals surface area contributed by atoms with E-state index >= 15 is 0 Å². The van der Waals surface area contributed by atoms with Crippen LogP contribution in [0.3, 0.4) is 0 Å². The quantitative estimate of drug-likeness (QED) is 0.940. The SMILES string of the molecule is Cc1ccc(NC(=O)C2=CCN(c3ncccc3Cl)CC2)nc1. The normalized spacial score (nSPS) is 14.3. The summed E-state index contributed by atoms with van der Waals surface area (Å²) in [6.45, 7) is 3.28. The van der Waals surface area contributed by atoms with E-state index in [0.29, 0.717) is 30.4 Å². The number of halogens is 1. The maximum absolute atomic E-state index is 12.3. The van der Waals surface area contributed by atoms with Gasteiger partial charge in [-0.2, -0.15) is 0 Å². The van der Waals surface area contributed by atoms with Gasteiger partial charge in [-0.1, -0.05) is 23.7 Å². The Hall–Kier alpha value is -2.40. The molecule has 118 valence electrons. The Morgan fingerprint density at radius 1 is 1.30 bits per heavy atom. The van der Waals surface area contributed by atoms with Gasteiger partial charge in [0.05, 0.1) is 5.02 Å². The topological polar surface area (TPSA) is 58.1 Å². The number of amides is 1. The molecule has 2 aromatic heterocycles. The maximum Gasteiger partial charge on any atom is 0.252 e. The van der Waals surface area contributed by atoms with Gasteiger partial charge in [-0.25, -0.2) is 9.97 Å². The summed E-state index contributed by atoms with van der Waals surface area (Å²) >= 11 is 6.16. The van der Waals surface area contributed by atoms with Crippen molar-refractivity contribution in [2.24, 2.45) is 0 Å². The molecule has 1 aliphatic rings. The second-order valence-corrected chi connectivity index (χ2v) is 5.82. The van der Waals surface area contributed by atoms with Gasteiger partial charge in [0.2, 0.25) is 0 Å². The predicted octanol–water partition coefficient (Wildman–Crippen LogP) is 3.21. The Labute approximate surface area is 140 Å². The van der Waals surface area contributed by atoms with Crippen LogP contribution in [0.15, 0.2) is 48.3 Å². The van der Waals surface area contributed by atoms with Crippen LogP contribution in [-0.2, 0) is 4.79 Å². The van der Waals surface area contributed by atoms with E-state index in [4.69, 9.17) is 11.6 Å². The maximum atomic E-state index is 12.3. The zero-order valence-electron chi connectivity index (χ0n) is 12.8. The Morgan fingerprint density at radius 3 is 2.83 bits per heavy atom. The predicted molar refractivity (Wildman–Crippen MR) is 91.8 cm³/mol. The molecule has 0 unspecified atom stereocenters. The summed E-state index contributed by atoms with van der Waals surface area (Å²) in [5.74, 6) is 1.22. The molecule has 0 spiro atoms. The molecular formula is C17H17ClN4O. The standard InChI is InChI=1S/C17H17ClN4O/c1-12-4-5-15(20-11-12)21-17(23)13-6-9-22(10-7-13)16-14(18)3-2-8-19-16/h2-6,8,11H,7,9-10H2,1H3,(H,20,21,23). The number of hydrogen-bond donors (Lipinski definition) is 1. The minimum atomic E-state index is -0.104. The van der Waals surface area contributed by atoms with Gasteiger partial charge in [-0.05, 0) is 37.1 Å². The first-order valence-electron chi connectivity index (χ1n) is 7.42. The molecule has 0 saturated carbocycles. The van der Waals surface area contributed by atoms with E-state index in [2.05, 4.69) is 20.2 Å². The Balaban J connectivity index is 1.65. The number of aromatic nitrogens is 2. The van der Waals surface area contributed by atoms with Gasteiger partial charge in [0, 0.05) is 31.1 Å². The molecule has 0 aromatic carbocycles. The molecule has 0 fully saturated rings. The Kier molecular flexibility index (Phi) is 4.57. The zero-order valence-corrected chi connectivity index (χ0v) is 13.5. The first-order chi connectivity index (χ1) is 11.1. The molecule has 0 radical (unpaired) electrons. The highest BCUT2D eigenvalue weighted by Crippen LogP contribution is 2.25. The largest absolute Gasteiger partial charge is 0.351 e. The molecule has 3 rings (SSSR count). The number of anilines is 2. The molecule has 0 bridgehead atoms. The second-order valence-electron chi connectivity index (χ2n) is 5.41. The second kappa shape index (κ2) is 6.79. The number of carbonyl (C=O) groups is 1. The lowest BCUT2D eigenvalue weighted by Crippen LogP contribution is -2.32. The summed E-state index contributed by atoms with van der Waals surface area (Å²) in [5.41, 5.74) is 1.82. The van der Waals surface area contributed by atoms with Gasteiger partial charge in [0.1, 0.15) is 11.6 Å². The highest BCUT2D eigenvalue weighted by Gasteiger charge is 2.19. The molecule has 0 atom stereocenters. The van der Waals surface area contributed by atoms with Crippen LogP contribution in [0.2, 0.25) is 5.02 Å².